The normalized spacial score (nSPS) is 12.2. The van der Waals surface area contributed by atoms with Crippen molar-refractivity contribution in [3.05, 3.63) is 35.9 Å². The average molecular weight is 258 g/mol. The first-order valence-corrected chi connectivity index (χ1v) is 6.92. The molecule has 0 aliphatic rings. The van der Waals surface area contributed by atoms with E-state index < -0.39 is 5.38 Å². The SMILES string of the molecule is CSCCN(C)C(=O)C(Cl)c1ccccc1. The van der Waals surface area contributed by atoms with Gasteiger partial charge in [-0.05, 0) is 11.8 Å². The first-order chi connectivity index (χ1) is 7.66. The maximum Gasteiger partial charge on any atom is 0.244 e. The molecule has 1 rings (SSSR count). The molecular formula is C12H16ClNOS. The van der Waals surface area contributed by atoms with Gasteiger partial charge < -0.3 is 4.90 Å². The van der Waals surface area contributed by atoms with Gasteiger partial charge in [0.25, 0.3) is 0 Å². The lowest BCUT2D eigenvalue weighted by Gasteiger charge is -2.19. The molecule has 0 radical (unpaired) electrons. The highest BCUT2D eigenvalue weighted by Crippen LogP contribution is 2.22. The van der Waals surface area contributed by atoms with Crippen molar-refractivity contribution in [2.45, 2.75) is 5.38 Å². The molecule has 0 bridgehead atoms. The number of thioether (sulfide) groups is 1. The van der Waals surface area contributed by atoms with Crippen LogP contribution in [0.5, 0.6) is 0 Å². The Morgan fingerprint density at radius 2 is 2.06 bits per heavy atom. The number of halogens is 1. The van der Waals surface area contributed by atoms with E-state index in [1.165, 1.54) is 0 Å². The van der Waals surface area contributed by atoms with Gasteiger partial charge in [0.2, 0.25) is 5.91 Å². The highest BCUT2D eigenvalue weighted by molar-refractivity contribution is 7.98. The lowest BCUT2D eigenvalue weighted by Crippen LogP contribution is -2.31. The predicted octanol–water partition coefficient (Wildman–Crippen LogP) is 2.79. The van der Waals surface area contributed by atoms with Crippen molar-refractivity contribution in [2.75, 3.05) is 25.6 Å². The van der Waals surface area contributed by atoms with Gasteiger partial charge in [-0.1, -0.05) is 30.3 Å². The van der Waals surface area contributed by atoms with Crippen molar-refractivity contribution in [2.24, 2.45) is 0 Å². The van der Waals surface area contributed by atoms with Gasteiger partial charge in [-0.25, -0.2) is 0 Å². The van der Waals surface area contributed by atoms with E-state index in [9.17, 15) is 4.79 Å². The van der Waals surface area contributed by atoms with Crippen LogP contribution in [0, 0.1) is 0 Å². The summed E-state index contributed by atoms with van der Waals surface area (Å²) in [4.78, 5) is 13.6. The molecule has 1 amide bonds. The zero-order valence-electron chi connectivity index (χ0n) is 9.52. The summed E-state index contributed by atoms with van der Waals surface area (Å²) >= 11 is 7.85. The third-order valence-corrected chi connectivity index (χ3v) is 3.35. The maximum atomic E-state index is 11.9. The summed E-state index contributed by atoms with van der Waals surface area (Å²) in [7, 11) is 1.79. The third kappa shape index (κ3) is 3.72. The van der Waals surface area contributed by atoms with Gasteiger partial charge in [-0.15, -0.1) is 11.6 Å². The number of likely N-dealkylation sites (N-methyl/N-ethyl adjacent to an activating group) is 1. The molecule has 88 valence electrons. The summed E-state index contributed by atoms with van der Waals surface area (Å²) in [6.07, 6.45) is 2.02. The second-order valence-corrected chi connectivity index (χ2v) is 4.95. The van der Waals surface area contributed by atoms with E-state index in [0.29, 0.717) is 0 Å². The quantitative estimate of drug-likeness (QED) is 0.756. The van der Waals surface area contributed by atoms with Crippen LogP contribution in [0.4, 0.5) is 0 Å². The van der Waals surface area contributed by atoms with Gasteiger partial charge in [-0.2, -0.15) is 11.8 Å². The molecule has 0 aliphatic carbocycles. The van der Waals surface area contributed by atoms with E-state index in [0.717, 1.165) is 17.9 Å². The largest absolute Gasteiger partial charge is 0.343 e. The standard InChI is InChI=1S/C12H16ClNOS/c1-14(8-9-16-2)12(15)11(13)10-6-4-3-5-7-10/h3-7,11H,8-9H2,1-2H3. The Bertz CT molecular complexity index is 331. The van der Waals surface area contributed by atoms with Crippen LogP contribution in [0.3, 0.4) is 0 Å². The van der Waals surface area contributed by atoms with Crippen LogP contribution < -0.4 is 0 Å². The predicted molar refractivity (Wildman–Crippen MR) is 71.1 cm³/mol. The Labute approximate surface area is 106 Å². The Morgan fingerprint density at radius 3 is 2.62 bits per heavy atom. The smallest absolute Gasteiger partial charge is 0.244 e. The van der Waals surface area contributed by atoms with Crippen molar-refractivity contribution < 1.29 is 4.79 Å². The van der Waals surface area contributed by atoms with Crippen LogP contribution in [0.25, 0.3) is 0 Å². The fourth-order valence-electron chi connectivity index (χ4n) is 1.30. The van der Waals surface area contributed by atoms with Crippen molar-refractivity contribution in [1.29, 1.82) is 0 Å². The van der Waals surface area contributed by atoms with Crippen LogP contribution in [0.15, 0.2) is 30.3 Å². The zero-order valence-corrected chi connectivity index (χ0v) is 11.1. The molecule has 1 atom stereocenters. The summed E-state index contributed by atoms with van der Waals surface area (Å²) in [5.41, 5.74) is 0.852. The van der Waals surface area contributed by atoms with Gasteiger partial charge in [0.15, 0.2) is 0 Å². The Morgan fingerprint density at radius 1 is 1.44 bits per heavy atom. The third-order valence-electron chi connectivity index (χ3n) is 2.32. The van der Waals surface area contributed by atoms with Crippen LogP contribution >= 0.6 is 23.4 Å². The second kappa shape index (κ2) is 6.81. The monoisotopic (exact) mass is 257 g/mol. The first-order valence-electron chi connectivity index (χ1n) is 5.09. The van der Waals surface area contributed by atoms with Gasteiger partial charge in [0.1, 0.15) is 5.38 Å². The molecule has 1 aromatic rings. The summed E-state index contributed by atoms with van der Waals surface area (Å²) in [6, 6.07) is 9.44. The molecule has 4 heteroatoms. The Balaban J connectivity index is 2.60. The maximum absolute atomic E-state index is 11.9. The topological polar surface area (TPSA) is 20.3 Å². The molecule has 0 fully saturated rings. The molecule has 16 heavy (non-hydrogen) atoms. The highest BCUT2D eigenvalue weighted by atomic mass is 35.5. The average Bonchev–Trinajstić information content (AvgIpc) is 2.35. The number of hydrogen-bond acceptors (Lipinski definition) is 2. The lowest BCUT2D eigenvalue weighted by atomic mass is 10.1. The number of alkyl halides is 1. The number of rotatable bonds is 5. The minimum absolute atomic E-state index is 0.0399. The molecule has 0 aliphatic heterocycles. The number of hydrogen-bond donors (Lipinski definition) is 0. The molecule has 0 saturated heterocycles. The fraction of sp³-hybridized carbons (Fsp3) is 0.417. The minimum Gasteiger partial charge on any atom is -0.343 e. The minimum atomic E-state index is -0.576. The van der Waals surface area contributed by atoms with Crippen molar-refractivity contribution >= 4 is 29.3 Å². The van der Waals surface area contributed by atoms with Crippen LogP contribution in [-0.2, 0) is 4.79 Å². The van der Waals surface area contributed by atoms with E-state index in [1.54, 1.807) is 23.7 Å². The van der Waals surface area contributed by atoms with Crippen molar-refractivity contribution in [3.63, 3.8) is 0 Å². The Hall–Kier alpha value is -0.670. The van der Waals surface area contributed by atoms with Gasteiger partial charge in [0.05, 0.1) is 0 Å². The van der Waals surface area contributed by atoms with Crippen LogP contribution in [0.1, 0.15) is 10.9 Å². The lowest BCUT2D eigenvalue weighted by molar-refractivity contribution is -0.129. The fourth-order valence-corrected chi connectivity index (χ4v) is 2.06. The van der Waals surface area contributed by atoms with E-state index in [-0.39, 0.29) is 5.91 Å². The van der Waals surface area contributed by atoms with Crippen LogP contribution in [-0.4, -0.2) is 36.4 Å². The van der Waals surface area contributed by atoms with E-state index >= 15 is 0 Å². The molecule has 0 saturated carbocycles. The van der Waals surface area contributed by atoms with Gasteiger partial charge in [0, 0.05) is 19.3 Å². The summed E-state index contributed by atoms with van der Waals surface area (Å²) in [5.74, 6) is 0.891. The molecule has 0 N–H and O–H groups in total. The molecule has 0 spiro atoms. The molecule has 0 aromatic heterocycles. The summed E-state index contributed by atoms with van der Waals surface area (Å²) in [6.45, 7) is 0.732. The van der Waals surface area contributed by atoms with Gasteiger partial charge in [-0.3, -0.25) is 4.79 Å². The Kier molecular flexibility index (Phi) is 5.71. The molecule has 1 unspecified atom stereocenters. The van der Waals surface area contributed by atoms with E-state index in [1.807, 2.05) is 36.6 Å². The number of amides is 1. The molecule has 0 heterocycles. The number of benzene rings is 1. The summed E-state index contributed by atoms with van der Waals surface area (Å²) in [5, 5.41) is -0.576. The van der Waals surface area contributed by atoms with Crippen molar-refractivity contribution in [3.8, 4) is 0 Å². The van der Waals surface area contributed by atoms with Gasteiger partial charge >= 0.3 is 0 Å². The van der Waals surface area contributed by atoms with Crippen molar-refractivity contribution in [1.82, 2.24) is 4.90 Å². The number of carbonyl (C=O) groups excluding carboxylic acids is 1. The zero-order chi connectivity index (χ0) is 12.0. The first kappa shape index (κ1) is 13.4. The number of carbonyl (C=O) groups is 1. The number of nitrogens with zero attached hydrogens (tertiary/aromatic N) is 1. The molecule has 2 nitrogen and oxygen atoms in total. The molecule has 1 aromatic carbocycles. The summed E-state index contributed by atoms with van der Waals surface area (Å²) < 4.78 is 0. The van der Waals surface area contributed by atoms with E-state index in [4.69, 9.17) is 11.6 Å². The second-order valence-electron chi connectivity index (χ2n) is 3.53. The van der Waals surface area contributed by atoms with E-state index in [2.05, 4.69) is 0 Å². The molecular weight excluding hydrogens is 242 g/mol. The van der Waals surface area contributed by atoms with Crippen LogP contribution in [0.2, 0.25) is 0 Å². The highest BCUT2D eigenvalue weighted by Gasteiger charge is 2.20.